The van der Waals surface area contributed by atoms with Crippen LogP contribution in [0.5, 0.6) is 0 Å². The standard InChI is InChI=1S/C15H23N3O2/c1-2-6-13-16-15(17-20-13)11-9-14(19)18(10-11)12-7-4-3-5-8-12/h11-12H,2-10H2,1H3. The van der Waals surface area contributed by atoms with E-state index in [1.54, 1.807) is 0 Å². The molecule has 2 fully saturated rings. The molecule has 2 aliphatic rings. The summed E-state index contributed by atoms with van der Waals surface area (Å²) in [5, 5.41) is 4.07. The van der Waals surface area contributed by atoms with Crippen LogP contribution in [-0.2, 0) is 11.2 Å². The predicted molar refractivity (Wildman–Crippen MR) is 74.2 cm³/mol. The minimum Gasteiger partial charge on any atom is -0.339 e. The van der Waals surface area contributed by atoms with Crippen molar-refractivity contribution in [2.45, 2.75) is 70.3 Å². The predicted octanol–water partition coefficient (Wildman–Crippen LogP) is 2.67. The number of hydrogen-bond acceptors (Lipinski definition) is 4. The van der Waals surface area contributed by atoms with Crippen molar-refractivity contribution >= 4 is 5.91 Å². The van der Waals surface area contributed by atoms with Crippen molar-refractivity contribution < 1.29 is 9.32 Å². The van der Waals surface area contributed by atoms with Crippen molar-refractivity contribution in [3.8, 4) is 0 Å². The zero-order valence-electron chi connectivity index (χ0n) is 12.2. The maximum atomic E-state index is 12.2. The lowest BCUT2D eigenvalue weighted by atomic mass is 9.94. The molecule has 2 heterocycles. The van der Waals surface area contributed by atoms with Crippen LogP contribution in [0.15, 0.2) is 4.52 Å². The topological polar surface area (TPSA) is 59.2 Å². The smallest absolute Gasteiger partial charge is 0.226 e. The Kier molecular flexibility index (Phi) is 4.03. The molecule has 0 radical (unpaired) electrons. The summed E-state index contributed by atoms with van der Waals surface area (Å²) in [7, 11) is 0. The van der Waals surface area contributed by atoms with E-state index < -0.39 is 0 Å². The van der Waals surface area contributed by atoms with Gasteiger partial charge in [0, 0.05) is 31.3 Å². The molecule has 0 aromatic carbocycles. The fourth-order valence-corrected chi connectivity index (χ4v) is 3.40. The van der Waals surface area contributed by atoms with Crippen LogP contribution in [0.2, 0.25) is 0 Å². The normalized spacial score (nSPS) is 24.6. The third kappa shape index (κ3) is 2.72. The highest BCUT2D eigenvalue weighted by atomic mass is 16.5. The first kappa shape index (κ1) is 13.6. The summed E-state index contributed by atoms with van der Waals surface area (Å²) in [6.07, 6.45) is 8.50. The van der Waals surface area contributed by atoms with Crippen molar-refractivity contribution in [3.05, 3.63) is 11.7 Å². The first-order valence-corrected chi connectivity index (χ1v) is 7.90. The second-order valence-corrected chi connectivity index (χ2v) is 6.04. The molecule has 1 aromatic rings. The summed E-state index contributed by atoms with van der Waals surface area (Å²) in [4.78, 5) is 18.7. The van der Waals surface area contributed by atoms with Crippen LogP contribution in [0.3, 0.4) is 0 Å². The SMILES string of the molecule is CCCc1nc(C2CC(=O)N(C3CCCCC3)C2)no1. The Morgan fingerprint density at radius 1 is 1.30 bits per heavy atom. The van der Waals surface area contributed by atoms with Gasteiger partial charge in [-0.25, -0.2) is 0 Å². The highest BCUT2D eigenvalue weighted by molar-refractivity contribution is 5.79. The number of amides is 1. The molecular weight excluding hydrogens is 254 g/mol. The molecule has 1 saturated heterocycles. The summed E-state index contributed by atoms with van der Waals surface area (Å²) in [6.45, 7) is 2.86. The third-order valence-corrected chi connectivity index (χ3v) is 4.49. The fraction of sp³-hybridized carbons (Fsp3) is 0.800. The Morgan fingerprint density at radius 3 is 2.85 bits per heavy atom. The fourth-order valence-electron chi connectivity index (χ4n) is 3.40. The Bertz CT molecular complexity index is 465. The van der Waals surface area contributed by atoms with E-state index in [0.717, 1.165) is 38.1 Å². The number of carbonyl (C=O) groups is 1. The number of rotatable bonds is 4. The molecule has 1 saturated carbocycles. The number of nitrogens with zero attached hydrogens (tertiary/aromatic N) is 3. The van der Waals surface area contributed by atoms with E-state index in [1.165, 1.54) is 19.3 Å². The van der Waals surface area contributed by atoms with Crippen LogP contribution >= 0.6 is 0 Å². The third-order valence-electron chi connectivity index (χ3n) is 4.49. The van der Waals surface area contributed by atoms with Crippen LogP contribution in [0, 0.1) is 0 Å². The van der Waals surface area contributed by atoms with Crippen LogP contribution in [0.25, 0.3) is 0 Å². The van der Waals surface area contributed by atoms with Gasteiger partial charge in [0.05, 0.1) is 0 Å². The van der Waals surface area contributed by atoms with Crippen LogP contribution in [0.1, 0.15) is 69.5 Å². The molecule has 0 bridgehead atoms. The first-order valence-electron chi connectivity index (χ1n) is 7.90. The van der Waals surface area contributed by atoms with E-state index in [1.807, 2.05) is 0 Å². The Labute approximate surface area is 119 Å². The van der Waals surface area contributed by atoms with Gasteiger partial charge in [0.1, 0.15) is 0 Å². The Balaban J connectivity index is 1.65. The highest BCUT2D eigenvalue weighted by Gasteiger charge is 2.37. The van der Waals surface area contributed by atoms with Crippen LogP contribution in [-0.4, -0.2) is 33.5 Å². The van der Waals surface area contributed by atoms with Gasteiger partial charge in [-0.3, -0.25) is 4.79 Å². The summed E-state index contributed by atoms with van der Waals surface area (Å²) >= 11 is 0. The van der Waals surface area contributed by atoms with Gasteiger partial charge >= 0.3 is 0 Å². The monoisotopic (exact) mass is 277 g/mol. The van der Waals surface area contributed by atoms with Crippen molar-refractivity contribution in [1.29, 1.82) is 0 Å². The molecule has 20 heavy (non-hydrogen) atoms. The van der Waals surface area contributed by atoms with Crippen molar-refractivity contribution in [3.63, 3.8) is 0 Å². The molecule has 1 aliphatic heterocycles. The van der Waals surface area contributed by atoms with Gasteiger partial charge in [-0.15, -0.1) is 0 Å². The zero-order valence-corrected chi connectivity index (χ0v) is 12.2. The molecule has 1 atom stereocenters. The van der Waals surface area contributed by atoms with E-state index in [9.17, 15) is 4.79 Å². The van der Waals surface area contributed by atoms with Gasteiger partial charge in [0.2, 0.25) is 11.8 Å². The van der Waals surface area contributed by atoms with E-state index in [-0.39, 0.29) is 11.8 Å². The molecule has 3 rings (SSSR count). The number of likely N-dealkylation sites (tertiary alicyclic amines) is 1. The van der Waals surface area contributed by atoms with Gasteiger partial charge in [0.15, 0.2) is 5.82 Å². The van der Waals surface area contributed by atoms with Gasteiger partial charge < -0.3 is 9.42 Å². The average Bonchev–Trinajstić information content (AvgIpc) is 3.07. The lowest BCUT2D eigenvalue weighted by Crippen LogP contribution is -2.37. The molecular formula is C15H23N3O2. The molecule has 1 amide bonds. The number of aromatic nitrogens is 2. The minimum absolute atomic E-state index is 0.124. The highest BCUT2D eigenvalue weighted by Crippen LogP contribution is 2.32. The Morgan fingerprint density at radius 2 is 2.10 bits per heavy atom. The van der Waals surface area contributed by atoms with Crippen LogP contribution < -0.4 is 0 Å². The van der Waals surface area contributed by atoms with E-state index in [2.05, 4.69) is 22.0 Å². The summed E-state index contributed by atoms with van der Waals surface area (Å²) in [5.41, 5.74) is 0. The second-order valence-electron chi connectivity index (χ2n) is 6.04. The molecule has 0 spiro atoms. The van der Waals surface area contributed by atoms with Gasteiger partial charge in [-0.2, -0.15) is 4.98 Å². The summed E-state index contributed by atoms with van der Waals surface area (Å²) in [6, 6.07) is 0.447. The maximum Gasteiger partial charge on any atom is 0.226 e. The number of hydrogen-bond donors (Lipinski definition) is 0. The lowest BCUT2D eigenvalue weighted by molar-refractivity contribution is -0.130. The van der Waals surface area contributed by atoms with E-state index in [0.29, 0.717) is 18.4 Å². The molecule has 5 heteroatoms. The average molecular weight is 277 g/mol. The van der Waals surface area contributed by atoms with E-state index >= 15 is 0 Å². The van der Waals surface area contributed by atoms with E-state index in [4.69, 9.17) is 4.52 Å². The molecule has 110 valence electrons. The molecule has 5 nitrogen and oxygen atoms in total. The van der Waals surface area contributed by atoms with Crippen LogP contribution in [0.4, 0.5) is 0 Å². The van der Waals surface area contributed by atoms with Crippen molar-refractivity contribution in [2.75, 3.05) is 6.54 Å². The largest absolute Gasteiger partial charge is 0.339 e. The summed E-state index contributed by atoms with van der Waals surface area (Å²) < 4.78 is 5.24. The quantitative estimate of drug-likeness (QED) is 0.849. The first-order chi connectivity index (χ1) is 9.78. The zero-order chi connectivity index (χ0) is 13.9. The van der Waals surface area contributed by atoms with Gasteiger partial charge in [-0.1, -0.05) is 31.3 Å². The van der Waals surface area contributed by atoms with Gasteiger partial charge in [-0.05, 0) is 19.3 Å². The lowest BCUT2D eigenvalue weighted by Gasteiger charge is -2.31. The maximum absolute atomic E-state index is 12.2. The molecule has 1 aliphatic carbocycles. The molecule has 1 unspecified atom stereocenters. The molecule has 0 N–H and O–H groups in total. The number of carbonyl (C=O) groups excluding carboxylic acids is 1. The Hall–Kier alpha value is -1.39. The number of aryl methyl sites for hydroxylation is 1. The van der Waals surface area contributed by atoms with Gasteiger partial charge in [0.25, 0.3) is 0 Å². The molecule has 1 aromatic heterocycles. The minimum atomic E-state index is 0.124. The van der Waals surface area contributed by atoms with Crippen molar-refractivity contribution in [2.24, 2.45) is 0 Å². The van der Waals surface area contributed by atoms with Crippen molar-refractivity contribution in [1.82, 2.24) is 15.0 Å². The second kappa shape index (κ2) is 5.94. The summed E-state index contributed by atoms with van der Waals surface area (Å²) in [5.74, 6) is 1.81.